The Kier molecular flexibility index (Phi) is 3.52. The summed E-state index contributed by atoms with van der Waals surface area (Å²) in [7, 11) is 0. The maximum atomic E-state index is 4.86. The monoisotopic (exact) mass is 274 g/mol. The molecule has 1 aromatic rings. The van der Waals surface area contributed by atoms with Crippen molar-refractivity contribution in [2.75, 3.05) is 19.6 Å². The molecule has 3 heterocycles. The van der Waals surface area contributed by atoms with Crippen molar-refractivity contribution < 1.29 is 0 Å². The van der Waals surface area contributed by atoms with Crippen LogP contribution in [0.3, 0.4) is 0 Å². The van der Waals surface area contributed by atoms with Crippen molar-refractivity contribution in [3.05, 3.63) is 18.0 Å². The largest absolute Gasteiger partial charge is 0.315 e. The van der Waals surface area contributed by atoms with Crippen molar-refractivity contribution in [2.24, 2.45) is 5.92 Å². The van der Waals surface area contributed by atoms with E-state index in [0.717, 1.165) is 18.5 Å². The molecule has 4 heteroatoms. The van der Waals surface area contributed by atoms with E-state index in [1.165, 1.54) is 63.9 Å². The van der Waals surface area contributed by atoms with Gasteiger partial charge in [0.2, 0.25) is 0 Å². The molecule has 4 nitrogen and oxygen atoms in total. The lowest BCUT2D eigenvalue weighted by atomic mass is 9.92. The van der Waals surface area contributed by atoms with Crippen LogP contribution < -0.4 is 5.32 Å². The van der Waals surface area contributed by atoms with Crippen molar-refractivity contribution in [3.8, 4) is 0 Å². The van der Waals surface area contributed by atoms with Gasteiger partial charge >= 0.3 is 0 Å². The zero-order chi connectivity index (χ0) is 13.4. The van der Waals surface area contributed by atoms with Crippen LogP contribution in [0.25, 0.3) is 0 Å². The summed E-state index contributed by atoms with van der Waals surface area (Å²) in [6.45, 7) is 4.69. The maximum Gasteiger partial charge on any atom is 0.0765 e. The molecule has 0 bridgehead atoms. The summed E-state index contributed by atoms with van der Waals surface area (Å²) in [6.07, 6.45) is 10.4. The van der Waals surface area contributed by atoms with Crippen LogP contribution in [0.5, 0.6) is 0 Å². The minimum Gasteiger partial charge on any atom is -0.315 e. The normalized spacial score (nSPS) is 31.8. The van der Waals surface area contributed by atoms with Gasteiger partial charge in [-0.05, 0) is 50.8 Å². The second-order valence-corrected chi connectivity index (χ2v) is 6.82. The standard InChI is InChI=1S/C16H26N4/c1-2-6-15(5-1)20-9-7-14(18-20)12-19-8-3-4-13-10-17-11-16(13)19/h7,9,13,15-17H,1-6,8,10-12H2. The molecule has 2 saturated heterocycles. The van der Waals surface area contributed by atoms with E-state index < -0.39 is 0 Å². The molecule has 0 radical (unpaired) electrons. The van der Waals surface area contributed by atoms with E-state index >= 15 is 0 Å². The molecule has 2 atom stereocenters. The molecule has 1 aromatic heterocycles. The Morgan fingerprint density at radius 3 is 2.95 bits per heavy atom. The molecule has 3 aliphatic rings. The van der Waals surface area contributed by atoms with Crippen LogP contribution in [0.1, 0.15) is 50.3 Å². The van der Waals surface area contributed by atoms with Gasteiger partial charge in [-0.15, -0.1) is 0 Å². The van der Waals surface area contributed by atoms with Crippen LogP contribution in [0.15, 0.2) is 12.3 Å². The molecule has 2 aliphatic heterocycles. The van der Waals surface area contributed by atoms with Crippen LogP contribution >= 0.6 is 0 Å². The average Bonchev–Trinajstić information content (AvgIpc) is 3.20. The van der Waals surface area contributed by atoms with Gasteiger partial charge in [-0.2, -0.15) is 5.10 Å². The molecule has 1 aliphatic carbocycles. The second kappa shape index (κ2) is 5.49. The smallest absolute Gasteiger partial charge is 0.0765 e. The van der Waals surface area contributed by atoms with Crippen molar-refractivity contribution in [1.29, 1.82) is 0 Å². The molecular formula is C16H26N4. The highest BCUT2D eigenvalue weighted by atomic mass is 15.3. The highest BCUT2D eigenvalue weighted by Gasteiger charge is 2.35. The van der Waals surface area contributed by atoms with Crippen molar-refractivity contribution in [1.82, 2.24) is 20.0 Å². The quantitative estimate of drug-likeness (QED) is 0.917. The van der Waals surface area contributed by atoms with Gasteiger partial charge in [0.05, 0.1) is 11.7 Å². The van der Waals surface area contributed by atoms with Gasteiger partial charge in [0.15, 0.2) is 0 Å². The van der Waals surface area contributed by atoms with Crippen LogP contribution in [0, 0.1) is 5.92 Å². The topological polar surface area (TPSA) is 33.1 Å². The fraction of sp³-hybridized carbons (Fsp3) is 0.812. The molecule has 1 saturated carbocycles. The lowest BCUT2D eigenvalue weighted by Gasteiger charge is -2.36. The molecule has 0 aromatic carbocycles. The number of hydrogen-bond acceptors (Lipinski definition) is 3. The van der Waals surface area contributed by atoms with Gasteiger partial charge in [-0.3, -0.25) is 9.58 Å². The van der Waals surface area contributed by atoms with Crippen molar-refractivity contribution in [3.63, 3.8) is 0 Å². The van der Waals surface area contributed by atoms with Gasteiger partial charge in [-0.1, -0.05) is 12.8 Å². The highest BCUT2D eigenvalue weighted by molar-refractivity contribution is 5.03. The van der Waals surface area contributed by atoms with Gasteiger partial charge in [-0.25, -0.2) is 0 Å². The Morgan fingerprint density at radius 2 is 2.05 bits per heavy atom. The summed E-state index contributed by atoms with van der Waals surface area (Å²) in [5.41, 5.74) is 1.27. The van der Waals surface area contributed by atoms with Gasteiger partial charge < -0.3 is 5.32 Å². The average molecular weight is 274 g/mol. The Hall–Kier alpha value is -0.870. The number of hydrogen-bond donors (Lipinski definition) is 1. The van der Waals surface area contributed by atoms with E-state index in [2.05, 4.69) is 27.2 Å². The first kappa shape index (κ1) is 12.8. The van der Waals surface area contributed by atoms with Crippen LogP contribution in [0.2, 0.25) is 0 Å². The third kappa shape index (κ3) is 2.40. The third-order valence-corrected chi connectivity index (χ3v) is 5.52. The molecular weight excluding hydrogens is 248 g/mol. The molecule has 2 unspecified atom stereocenters. The number of fused-ring (bicyclic) bond motifs is 1. The van der Waals surface area contributed by atoms with E-state index in [1.807, 2.05) is 0 Å². The minimum atomic E-state index is 0.672. The summed E-state index contributed by atoms with van der Waals surface area (Å²) < 4.78 is 2.23. The van der Waals surface area contributed by atoms with E-state index in [1.54, 1.807) is 0 Å². The summed E-state index contributed by atoms with van der Waals surface area (Å²) in [4.78, 5) is 2.66. The second-order valence-electron chi connectivity index (χ2n) is 6.82. The summed E-state index contributed by atoms with van der Waals surface area (Å²) in [5, 5.41) is 8.42. The fourth-order valence-electron chi connectivity index (χ4n) is 4.40. The number of piperidine rings is 1. The first-order valence-corrected chi connectivity index (χ1v) is 8.39. The summed E-state index contributed by atoms with van der Waals surface area (Å²) in [6, 6.07) is 3.66. The van der Waals surface area contributed by atoms with Gasteiger partial charge in [0, 0.05) is 25.3 Å². The summed E-state index contributed by atoms with van der Waals surface area (Å²) >= 11 is 0. The first-order valence-electron chi connectivity index (χ1n) is 8.39. The van der Waals surface area contributed by atoms with Crippen LogP contribution in [-0.4, -0.2) is 40.4 Å². The molecule has 0 spiro atoms. The molecule has 3 fully saturated rings. The Bertz CT molecular complexity index is 449. The molecule has 110 valence electrons. The summed E-state index contributed by atoms with van der Waals surface area (Å²) in [5.74, 6) is 0.876. The molecule has 1 N–H and O–H groups in total. The predicted molar refractivity (Wildman–Crippen MR) is 79.5 cm³/mol. The number of aromatic nitrogens is 2. The van der Waals surface area contributed by atoms with Crippen molar-refractivity contribution >= 4 is 0 Å². The number of likely N-dealkylation sites (tertiary alicyclic amines) is 1. The SMILES string of the molecule is c1cn(C2CCCC2)nc1CN1CCCC2CNCC21. The van der Waals surface area contributed by atoms with Gasteiger partial charge in [0.1, 0.15) is 0 Å². The third-order valence-electron chi connectivity index (χ3n) is 5.52. The first-order chi connectivity index (χ1) is 9.90. The molecule has 0 amide bonds. The zero-order valence-corrected chi connectivity index (χ0v) is 12.3. The Labute approximate surface area is 121 Å². The van der Waals surface area contributed by atoms with E-state index in [4.69, 9.17) is 5.10 Å². The fourth-order valence-corrected chi connectivity index (χ4v) is 4.40. The van der Waals surface area contributed by atoms with E-state index in [0.29, 0.717) is 6.04 Å². The lowest BCUT2D eigenvalue weighted by molar-refractivity contribution is 0.115. The maximum absolute atomic E-state index is 4.86. The predicted octanol–water partition coefficient (Wildman–Crippen LogP) is 2.18. The highest BCUT2D eigenvalue weighted by Crippen LogP contribution is 2.30. The molecule has 20 heavy (non-hydrogen) atoms. The Balaban J connectivity index is 1.43. The number of nitrogens with zero attached hydrogens (tertiary/aromatic N) is 3. The van der Waals surface area contributed by atoms with E-state index in [9.17, 15) is 0 Å². The minimum absolute atomic E-state index is 0.672. The van der Waals surface area contributed by atoms with E-state index in [-0.39, 0.29) is 0 Å². The number of nitrogens with one attached hydrogen (secondary N) is 1. The zero-order valence-electron chi connectivity index (χ0n) is 12.3. The Morgan fingerprint density at radius 1 is 1.15 bits per heavy atom. The van der Waals surface area contributed by atoms with Gasteiger partial charge in [0.25, 0.3) is 0 Å². The number of rotatable bonds is 3. The lowest BCUT2D eigenvalue weighted by Crippen LogP contribution is -2.44. The van der Waals surface area contributed by atoms with Crippen molar-refractivity contribution in [2.45, 2.75) is 57.2 Å². The van der Waals surface area contributed by atoms with Crippen LogP contribution in [0.4, 0.5) is 0 Å². The van der Waals surface area contributed by atoms with Crippen LogP contribution in [-0.2, 0) is 6.54 Å². The molecule has 4 rings (SSSR count).